The lowest BCUT2D eigenvalue weighted by Crippen LogP contribution is -2.30. The van der Waals surface area contributed by atoms with E-state index >= 15 is 0 Å². The molecule has 1 amide bonds. The smallest absolute Gasteiger partial charge is 0.272 e. The van der Waals surface area contributed by atoms with Crippen LogP contribution in [-0.2, 0) is 0 Å². The molecule has 0 saturated carbocycles. The lowest BCUT2D eigenvalue weighted by Gasteiger charge is -2.20. The summed E-state index contributed by atoms with van der Waals surface area (Å²) < 4.78 is 10.5. The third-order valence-electron chi connectivity index (χ3n) is 4.29. The van der Waals surface area contributed by atoms with Crippen LogP contribution in [0, 0.1) is 0 Å². The second-order valence-corrected chi connectivity index (χ2v) is 7.19. The van der Waals surface area contributed by atoms with Gasteiger partial charge in [0, 0.05) is 0 Å². The Bertz CT molecular complexity index is 934. The van der Waals surface area contributed by atoms with Gasteiger partial charge in [0.15, 0.2) is 10.9 Å². The number of ether oxygens (including phenoxy) is 2. The van der Waals surface area contributed by atoms with Crippen LogP contribution in [0.2, 0.25) is 5.02 Å². The van der Waals surface area contributed by atoms with E-state index in [-0.39, 0.29) is 16.6 Å². The predicted molar refractivity (Wildman–Crippen MR) is 114 cm³/mol. The molecule has 0 unspecified atom stereocenters. The SMILES string of the molecule is COc1ccc(C(NC(=O)c2nc(SC)ncc2Cl)c2ccc(OC)cc2)cc1. The van der Waals surface area contributed by atoms with Gasteiger partial charge in [-0.1, -0.05) is 47.6 Å². The van der Waals surface area contributed by atoms with Crippen molar-refractivity contribution in [1.29, 1.82) is 0 Å². The number of methoxy groups -OCH3 is 2. The van der Waals surface area contributed by atoms with Gasteiger partial charge >= 0.3 is 0 Å². The monoisotopic (exact) mass is 429 g/mol. The summed E-state index contributed by atoms with van der Waals surface area (Å²) in [7, 11) is 3.22. The van der Waals surface area contributed by atoms with Crippen LogP contribution in [0.25, 0.3) is 0 Å². The molecular weight excluding hydrogens is 410 g/mol. The van der Waals surface area contributed by atoms with Gasteiger partial charge in [-0.25, -0.2) is 9.97 Å². The molecule has 0 bridgehead atoms. The molecule has 2 aromatic carbocycles. The maximum absolute atomic E-state index is 13.0. The van der Waals surface area contributed by atoms with Gasteiger partial charge < -0.3 is 14.8 Å². The van der Waals surface area contributed by atoms with Crippen molar-refractivity contribution in [3.05, 3.63) is 76.6 Å². The zero-order valence-electron chi connectivity index (χ0n) is 16.2. The molecule has 0 aliphatic carbocycles. The number of nitrogens with zero attached hydrogens (tertiary/aromatic N) is 2. The van der Waals surface area contributed by atoms with Crippen molar-refractivity contribution >= 4 is 29.3 Å². The van der Waals surface area contributed by atoms with Gasteiger partial charge in [-0.2, -0.15) is 0 Å². The van der Waals surface area contributed by atoms with Crippen molar-refractivity contribution < 1.29 is 14.3 Å². The van der Waals surface area contributed by atoms with Crippen molar-refractivity contribution in [2.75, 3.05) is 20.5 Å². The maximum Gasteiger partial charge on any atom is 0.272 e. The van der Waals surface area contributed by atoms with Crippen LogP contribution in [0.1, 0.15) is 27.7 Å². The summed E-state index contributed by atoms with van der Waals surface area (Å²) in [6.45, 7) is 0. The third-order valence-corrected chi connectivity index (χ3v) is 5.13. The normalized spacial score (nSPS) is 10.7. The number of halogens is 1. The number of hydrogen-bond donors (Lipinski definition) is 1. The van der Waals surface area contributed by atoms with E-state index in [0.29, 0.717) is 5.16 Å². The molecule has 0 radical (unpaired) electrons. The average molecular weight is 430 g/mol. The van der Waals surface area contributed by atoms with Crippen molar-refractivity contribution in [1.82, 2.24) is 15.3 Å². The number of amides is 1. The molecular formula is C21H20ClN3O3S. The Morgan fingerprint density at radius 2 is 1.52 bits per heavy atom. The number of nitrogens with one attached hydrogen (secondary N) is 1. The Balaban J connectivity index is 1.96. The number of thioether (sulfide) groups is 1. The molecule has 150 valence electrons. The zero-order chi connectivity index (χ0) is 20.8. The van der Waals surface area contributed by atoms with Crippen LogP contribution < -0.4 is 14.8 Å². The summed E-state index contributed by atoms with van der Waals surface area (Å²) in [6, 6.07) is 14.6. The van der Waals surface area contributed by atoms with Crippen molar-refractivity contribution in [2.45, 2.75) is 11.2 Å². The Labute approximate surface area is 178 Å². The number of carbonyl (C=O) groups is 1. The van der Waals surface area contributed by atoms with E-state index in [4.69, 9.17) is 21.1 Å². The third kappa shape index (κ3) is 4.99. The second-order valence-electron chi connectivity index (χ2n) is 6.01. The molecule has 0 aliphatic rings. The minimum atomic E-state index is -0.414. The van der Waals surface area contributed by atoms with Crippen molar-refractivity contribution in [2.24, 2.45) is 0 Å². The van der Waals surface area contributed by atoms with E-state index in [1.807, 2.05) is 54.8 Å². The topological polar surface area (TPSA) is 73.3 Å². The average Bonchev–Trinajstić information content (AvgIpc) is 2.78. The van der Waals surface area contributed by atoms with E-state index in [2.05, 4.69) is 15.3 Å². The first-order chi connectivity index (χ1) is 14.0. The first-order valence-corrected chi connectivity index (χ1v) is 10.3. The highest BCUT2D eigenvalue weighted by Gasteiger charge is 2.21. The summed E-state index contributed by atoms with van der Waals surface area (Å²) >= 11 is 7.51. The maximum atomic E-state index is 13.0. The lowest BCUT2D eigenvalue weighted by molar-refractivity contribution is 0.0937. The van der Waals surface area contributed by atoms with Crippen molar-refractivity contribution in [3.8, 4) is 11.5 Å². The van der Waals surface area contributed by atoms with E-state index in [1.54, 1.807) is 14.2 Å². The highest BCUT2D eigenvalue weighted by molar-refractivity contribution is 7.98. The molecule has 1 heterocycles. The van der Waals surface area contributed by atoms with Gasteiger partial charge in [0.1, 0.15) is 11.5 Å². The summed E-state index contributed by atoms with van der Waals surface area (Å²) in [5, 5.41) is 3.70. The number of aromatic nitrogens is 2. The molecule has 0 spiro atoms. The summed E-state index contributed by atoms with van der Waals surface area (Å²) in [4.78, 5) is 21.3. The van der Waals surface area contributed by atoms with Crippen LogP contribution in [0.15, 0.2) is 59.9 Å². The molecule has 1 aromatic heterocycles. The van der Waals surface area contributed by atoms with E-state index < -0.39 is 6.04 Å². The molecule has 1 N–H and O–H groups in total. The highest BCUT2D eigenvalue weighted by atomic mass is 35.5. The van der Waals surface area contributed by atoms with E-state index in [0.717, 1.165) is 22.6 Å². The molecule has 29 heavy (non-hydrogen) atoms. The minimum Gasteiger partial charge on any atom is -0.497 e. The fourth-order valence-electron chi connectivity index (χ4n) is 2.76. The second kappa shape index (κ2) is 9.62. The first kappa shape index (κ1) is 21.0. The van der Waals surface area contributed by atoms with Gasteiger partial charge in [-0.05, 0) is 41.6 Å². The van der Waals surface area contributed by atoms with Gasteiger partial charge in [0.05, 0.1) is 31.5 Å². The van der Waals surface area contributed by atoms with Gasteiger partial charge in [0.2, 0.25) is 0 Å². The minimum absolute atomic E-state index is 0.137. The number of benzene rings is 2. The fraction of sp³-hybridized carbons (Fsp3) is 0.190. The molecule has 0 fully saturated rings. The molecule has 0 saturated heterocycles. The molecule has 0 atom stereocenters. The predicted octanol–water partition coefficient (Wildman–Crippen LogP) is 4.39. The van der Waals surface area contributed by atoms with Crippen LogP contribution in [0.5, 0.6) is 11.5 Å². The Morgan fingerprint density at radius 3 is 1.97 bits per heavy atom. The first-order valence-electron chi connectivity index (χ1n) is 8.71. The van der Waals surface area contributed by atoms with Crippen LogP contribution in [0.4, 0.5) is 0 Å². The Morgan fingerprint density at radius 1 is 1.00 bits per heavy atom. The van der Waals surface area contributed by atoms with Gasteiger partial charge in [-0.3, -0.25) is 4.79 Å². The number of carbonyl (C=O) groups excluding carboxylic acids is 1. The number of rotatable bonds is 7. The Hall–Kier alpha value is -2.77. The van der Waals surface area contributed by atoms with Crippen LogP contribution in [-0.4, -0.2) is 36.4 Å². The summed E-state index contributed by atoms with van der Waals surface area (Å²) in [5.74, 6) is 1.08. The molecule has 8 heteroatoms. The van der Waals surface area contributed by atoms with E-state index in [1.165, 1.54) is 18.0 Å². The summed E-state index contributed by atoms with van der Waals surface area (Å²) in [6.07, 6.45) is 3.27. The van der Waals surface area contributed by atoms with Gasteiger partial charge in [0.25, 0.3) is 5.91 Å². The highest BCUT2D eigenvalue weighted by Crippen LogP contribution is 2.27. The lowest BCUT2D eigenvalue weighted by atomic mass is 9.98. The molecule has 3 aromatic rings. The molecule has 3 rings (SSSR count). The fourth-order valence-corrected chi connectivity index (χ4v) is 3.28. The van der Waals surface area contributed by atoms with Crippen LogP contribution >= 0.6 is 23.4 Å². The molecule has 6 nitrogen and oxygen atoms in total. The quantitative estimate of drug-likeness (QED) is 0.443. The standard InChI is InChI=1S/C21H20ClN3O3S/c1-27-15-8-4-13(5-9-15)18(14-6-10-16(28-2)11-7-14)24-20(26)19-17(22)12-23-21(25-19)29-3/h4-12,18H,1-3H3,(H,24,26). The largest absolute Gasteiger partial charge is 0.497 e. The zero-order valence-corrected chi connectivity index (χ0v) is 17.8. The van der Waals surface area contributed by atoms with E-state index in [9.17, 15) is 4.79 Å². The Kier molecular flexibility index (Phi) is 6.95. The van der Waals surface area contributed by atoms with Crippen LogP contribution in [0.3, 0.4) is 0 Å². The summed E-state index contributed by atoms with van der Waals surface area (Å²) in [5.41, 5.74) is 1.91. The molecule has 0 aliphatic heterocycles. The van der Waals surface area contributed by atoms with Crippen molar-refractivity contribution in [3.63, 3.8) is 0 Å². The number of hydrogen-bond acceptors (Lipinski definition) is 6. The van der Waals surface area contributed by atoms with Gasteiger partial charge in [-0.15, -0.1) is 0 Å².